The molecule has 0 spiro atoms. The third-order valence-electron chi connectivity index (χ3n) is 6.01. The van der Waals surface area contributed by atoms with Crippen LogP contribution in [0.25, 0.3) is 0 Å². The van der Waals surface area contributed by atoms with Gasteiger partial charge in [-0.15, -0.1) is 0 Å². The maximum atomic E-state index is 12.9. The van der Waals surface area contributed by atoms with E-state index in [2.05, 4.69) is 30.4 Å². The molecule has 3 rings (SSSR count). The highest BCUT2D eigenvalue weighted by atomic mass is 32.2. The van der Waals surface area contributed by atoms with E-state index in [1.165, 1.54) is 24.8 Å². The molecule has 1 heterocycles. The van der Waals surface area contributed by atoms with Gasteiger partial charge in [0.1, 0.15) is 0 Å². The summed E-state index contributed by atoms with van der Waals surface area (Å²) in [5.74, 6) is 1.03. The Hall–Kier alpha value is -2.08. The Balaban J connectivity index is 1.48. The largest absolute Gasteiger partial charge is 0.353 e. The number of carbonyl (C=O) groups excluding carboxylic acids is 1. The first-order valence-corrected chi connectivity index (χ1v) is 12.5. The lowest BCUT2D eigenvalue weighted by molar-refractivity contribution is -0.122. The summed E-state index contributed by atoms with van der Waals surface area (Å²) in [5.41, 5.74) is 3.92. The van der Waals surface area contributed by atoms with Gasteiger partial charge in [0, 0.05) is 42.9 Å². The average Bonchev–Trinajstić information content (AvgIpc) is 2.75. The summed E-state index contributed by atoms with van der Waals surface area (Å²) in [6.45, 7) is 3.98. The zero-order chi connectivity index (χ0) is 22.2. The lowest BCUT2D eigenvalue weighted by Crippen LogP contribution is -2.35. The van der Waals surface area contributed by atoms with Gasteiger partial charge >= 0.3 is 0 Å². The molecule has 1 fully saturated rings. The van der Waals surface area contributed by atoms with E-state index in [0.717, 1.165) is 53.4 Å². The molecule has 0 saturated heterocycles. The standard InChI is InChI=1S/C25H35N3O2S/c1-18-10-9-11-20(16-18)17-22-19(2)26-25(28(3)24(22)30)31-15-8-7-14-23(29)27-21-12-5-4-6-13-21/h9-11,16,21H,4-8,12-15,17H2,1-3H3,(H,27,29). The molecule has 1 aromatic carbocycles. The summed E-state index contributed by atoms with van der Waals surface area (Å²) in [4.78, 5) is 29.8. The second-order valence-corrected chi connectivity index (χ2v) is 9.76. The van der Waals surface area contributed by atoms with E-state index in [9.17, 15) is 9.59 Å². The topological polar surface area (TPSA) is 64.0 Å². The van der Waals surface area contributed by atoms with Crippen LogP contribution in [0.3, 0.4) is 0 Å². The summed E-state index contributed by atoms with van der Waals surface area (Å²) in [5, 5.41) is 3.93. The van der Waals surface area contributed by atoms with Crippen molar-refractivity contribution in [2.45, 2.75) is 82.8 Å². The molecule has 168 valence electrons. The van der Waals surface area contributed by atoms with Crippen LogP contribution in [-0.2, 0) is 18.3 Å². The first kappa shape index (κ1) is 23.6. The number of amides is 1. The molecule has 2 aromatic rings. The van der Waals surface area contributed by atoms with Gasteiger partial charge in [-0.3, -0.25) is 14.2 Å². The van der Waals surface area contributed by atoms with Crippen LogP contribution in [0.4, 0.5) is 0 Å². The van der Waals surface area contributed by atoms with Gasteiger partial charge in [0.2, 0.25) is 5.91 Å². The Labute approximate surface area is 190 Å². The van der Waals surface area contributed by atoms with Crippen molar-refractivity contribution in [3.05, 3.63) is 57.0 Å². The minimum atomic E-state index is 0.0309. The molecule has 1 aliphatic rings. The van der Waals surface area contributed by atoms with Crippen molar-refractivity contribution >= 4 is 17.7 Å². The van der Waals surface area contributed by atoms with E-state index in [1.54, 1.807) is 23.4 Å². The molecule has 5 nitrogen and oxygen atoms in total. The van der Waals surface area contributed by atoms with Gasteiger partial charge in [-0.2, -0.15) is 0 Å². The molecule has 0 unspecified atom stereocenters. The normalized spacial score (nSPS) is 14.5. The number of hydrogen-bond donors (Lipinski definition) is 1. The lowest BCUT2D eigenvalue weighted by Gasteiger charge is -2.22. The van der Waals surface area contributed by atoms with Crippen LogP contribution in [0, 0.1) is 13.8 Å². The number of aromatic nitrogens is 2. The Morgan fingerprint density at radius 2 is 1.97 bits per heavy atom. The number of hydrogen-bond acceptors (Lipinski definition) is 4. The van der Waals surface area contributed by atoms with E-state index in [1.807, 2.05) is 13.0 Å². The van der Waals surface area contributed by atoms with E-state index >= 15 is 0 Å². The highest BCUT2D eigenvalue weighted by Gasteiger charge is 2.16. The van der Waals surface area contributed by atoms with Crippen molar-refractivity contribution in [2.24, 2.45) is 7.05 Å². The summed E-state index contributed by atoms with van der Waals surface area (Å²) in [6, 6.07) is 8.64. The van der Waals surface area contributed by atoms with Crippen LogP contribution in [0.2, 0.25) is 0 Å². The van der Waals surface area contributed by atoms with Crippen LogP contribution < -0.4 is 10.9 Å². The van der Waals surface area contributed by atoms with Crippen molar-refractivity contribution in [1.82, 2.24) is 14.9 Å². The number of benzene rings is 1. The number of nitrogens with one attached hydrogen (secondary N) is 1. The number of nitrogens with zero attached hydrogens (tertiary/aromatic N) is 2. The predicted molar refractivity (Wildman–Crippen MR) is 128 cm³/mol. The minimum Gasteiger partial charge on any atom is -0.353 e. The van der Waals surface area contributed by atoms with E-state index in [-0.39, 0.29) is 11.5 Å². The summed E-state index contributed by atoms with van der Waals surface area (Å²) in [7, 11) is 1.80. The quantitative estimate of drug-likeness (QED) is 0.348. The van der Waals surface area contributed by atoms with Crippen molar-refractivity contribution in [2.75, 3.05) is 5.75 Å². The van der Waals surface area contributed by atoms with Crippen LogP contribution in [0.1, 0.15) is 73.8 Å². The molecule has 1 saturated carbocycles. The zero-order valence-electron chi connectivity index (χ0n) is 19.1. The maximum Gasteiger partial charge on any atom is 0.257 e. The molecule has 1 N–H and O–H groups in total. The monoisotopic (exact) mass is 441 g/mol. The van der Waals surface area contributed by atoms with Crippen LogP contribution in [0.5, 0.6) is 0 Å². The smallest absolute Gasteiger partial charge is 0.257 e. The molecule has 0 radical (unpaired) electrons. The van der Waals surface area contributed by atoms with Gasteiger partial charge in [0.25, 0.3) is 5.56 Å². The van der Waals surface area contributed by atoms with Gasteiger partial charge in [-0.05, 0) is 45.1 Å². The third-order valence-corrected chi connectivity index (χ3v) is 7.13. The summed E-state index contributed by atoms with van der Waals surface area (Å²) < 4.78 is 1.67. The zero-order valence-corrected chi connectivity index (χ0v) is 19.9. The van der Waals surface area contributed by atoms with Gasteiger partial charge in [-0.1, -0.05) is 60.9 Å². The molecule has 0 bridgehead atoms. The number of unbranched alkanes of at least 4 members (excludes halogenated alkanes) is 1. The second-order valence-electron chi connectivity index (χ2n) is 8.70. The number of carbonyl (C=O) groups is 1. The predicted octanol–water partition coefficient (Wildman–Crippen LogP) is 4.70. The van der Waals surface area contributed by atoms with Gasteiger partial charge < -0.3 is 5.32 Å². The molecule has 6 heteroatoms. The van der Waals surface area contributed by atoms with Gasteiger partial charge in [-0.25, -0.2) is 4.98 Å². The molecular weight excluding hydrogens is 406 g/mol. The minimum absolute atomic E-state index is 0.0309. The fourth-order valence-electron chi connectivity index (χ4n) is 4.19. The molecule has 0 aliphatic heterocycles. The molecule has 1 aliphatic carbocycles. The van der Waals surface area contributed by atoms with Crippen LogP contribution >= 0.6 is 11.8 Å². The highest BCUT2D eigenvalue weighted by Crippen LogP contribution is 2.20. The highest BCUT2D eigenvalue weighted by molar-refractivity contribution is 7.99. The molecule has 31 heavy (non-hydrogen) atoms. The SMILES string of the molecule is Cc1cccc(Cc2c(C)nc(SCCCCC(=O)NC3CCCCC3)n(C)c2=O)c1. The Kier molecular flexibility index (Phi) is 8.76. The van der Waals surface area contributed by atoms with E-state index in [0.29, 0.717) is 18.9 Å². The fraction of sp³-hybridized carbons (Fsp3) is 0.560. The molecule has 0 atom stereocenters. The average molecular weight is 442 g/mol. The Morgan fingerprint density at radius 3 is 2.71 bits per heavy atom. The Bertz CT molecular complexity index is 948. The first-order valence-electron chi connectivity index (χ1n) is 11.5. The maximum absolute atomic E-state index is 12.9. The first-order chi connectivity index (χ1) is 14.9. The van der Waals surface area contributed by atoms with Crippen LogP contribution in [0.15, 0.2) is 34.2 Å². The van der Waals surface area contributed by atoms with Crippen molar-refractivity contribution in [3.8, 4) is 0 Å². The Morgan fingerprint density at radius 1 is 1.19 bits per heavy atom. The van der Waals surface area contributed by atoms with Crippen molar-refractivity contribution < 1.29 is 4.79 Å². The number of rotatable bonds is 9. The third kappa shape index (κ3) is 6.96. The summed E-state index contributed by atoms with van der Waals surface area (Å²) >= 11 is 1.60. The van der Waals surface area contributed by atoms with Crippen LogP contribution in [-0.4, -0.2) is 27.3 Å². The van der Waals surface area contributed by atoms with Gasteiger partial charge in [0.05, 0.1) is 0 Å². The second kappa shape index (κ2) is 11.5. The van der Waals surface area contributed by atoms with E-state index in [4.69, 9.17) is 4.98 Å². The fourth-order valence-corrected chi connectivity index (χ4v) is 5.20. The van der Waals surface area contributed by atoms with Crippen molar-refractivity contribution in [3.63, 3.8) is 0 Å². The van der Waals surface area contributed by atoms with Crippen molar-refractivity contribution in [1.29, 1.82) is 0 Å². The lowest BCUT2D eigenvalue weighted by atomic mass is 9.95. The summed E-state index contributed by atoms with van der Waals surface area (Å²) in [6.07, 6.45) is 9.00. The van der Waals surface area contributed by atoms with Gasteiger partial charge in [0.15, 0.2) is 5.16 Å². The number of aryl methyl sites for hydroxylation is 2. The van der Waals surface area contributed by atoms with E-state index < -0.39 is 0 Å². The molecule has 1 aromatic heterocycles. The molecular formula is C25H35N3O2S. The number of thioether (sulfide) groups is 1. The molecule has 1 amide bonds.